The molecule has 7 nitrogen and oxygen atoms in total. The fraction of sp³-hybridized carbons (Fsp3) is 0.381. The predicted octanol–water partition coefficient (Wildman–Crippen LogP) is 2.24. The highest BCUT2D eigenvalue weighted by molar-refractivity contribution is 5.79. The first kappa shape index (κ1) is 19.8. The number of ether oxygens (including phenoxy) is 4. The van der Waals surface area contributed by atoms with E-state index in [0.29, 0.717) is 47.0 Å². The van der Waals surface area contributed by atoms with Crippen molar-refractivity contribution < 1.29 is 28.8 Å². The second-order valence-electron chi connectivity index (χ2n) is 6.63. The Kier molecular flexibility index (Phi) is 5.65. The van der Waals surface area contributed by atoms with Crippen LogP contribution in [0.25, 0.3) is 0 Å². The molecule has 150 valence electrons. The van der Waals surface area contributed by atoms with Crippen LogP contribution in [0, 0.1) is 0 Å². The Bertz CT molecular complexity index is 766. The van der Waals surface area contributed by atoms with E-state index in [2.05, 4.69) is 5.32 Å². The molecule has 28 heavy (non-hydrogen) atoms. The van der Waals surface area contributed by atoms with E-state index in [1.807, 2.05) is 0 Å². The number of methoxy groups -OCH3 is 4. The molecule has 0 unspecified atom stereocenters. The van der Waals surface area contributed by atoms with E-state index < -0.39 is 11.6 Å². The molecule has 0 spiro atoms. The van der Waals surface area contributed by atoms with Gasteiger partial charge >= 0.3 is 0 Å². The molecule has 1 aliphatic rings. The first-order valence-corrected chi connectivity index (χ1v) is 8.93. The average molecular weight is 387 g/mol. The number of rotatable bonds is 7. The Labute approximate surface area is 164 Å². The summed E-state index contributed by atoms with van der Waals surface area (Å²) in [7, 11) is 6.18. The molecule has 1 fully saturated rings. The zero-order valence-corrected chi connectivity index (χ0v) is 16.4. The van der Waals surface area contributed by atoms with E-state index in [1.54, 1.807) is 64.8 Å². The quantitative estimate of drug-likeness (QED) is 0.758. The predicted molar refractivity (Wildman–Crippen MR) is 103 cm³/mol. The molecule has 0 aliphatic carbocycles. The molecule has 0 aromatic heterocycles. The summed E-state index contributed by atoms with van der Waals surface area (Å²) in [4.78, 5) is 11.9. The van der Waals surface area contributed by atoms with Gasteiger partial charge in [-0.3, -0.25) is 4.79 Å². The smallest absolute Gasteiger partial charge is 0.220 e. The lowest BCUT2D eigenvalue weighted by Gasteiger charge is -2.35. The maximum atomic E-state index is 12.0. The molecule has 1 saturated heterocycles. The molecule has 1 amide bonds. The van der Waals surface area contributed by atoms with Crippen molar-refractivity contribution in [2.45, 2.75) is 24.5 Å². The molecule has 7 heteroatoms. The fourth-order valence-electron chi connectivity index (χ4n) is 3.55. The maximum Gasteiger partial charge on any atom is 0.220 e. The van der Waals surface area contributed by atoms with Crippen LogP contribution in [0.3, 0.4) is 0 Å². The fourth-order valence-corrected chi connectivity index (χ4v) is 3.55. The highest BCUT2D eigenvalue weighted by Crippen LogP contribution is 2.42. The van der Waals surface area contributed by atoms with Gasteiger partial charge in [0.15, 0.2) is 0 Å². The second kappa shape index (κ2) is 7.98. The SMILES string of the molecule is COc1cc(OC)cc(C(O)(c2cc(OC)cc(OC)c2)[C@H]2CCC(=O)N2)c1. The van der Waals surface area contributed by atoms with Gasteiger partial charge in [0, 0.05) is 18.6 Å². The zero-order chi connectivity index (χ0) is 20.3. The Morgan fingerprint density at radius 2 is 1.21 bits per heavy atom. The minimum Gasteiger partial charge on any atom is -0.497 e. The summed E-state index contributed by atoms with van der Waals surface area (Å²) in [5.74, 6) is 2.03. The summed E-state index contributed by atoms with van der Waals surface area (Å²) >= 11 is 0. The largest absolute Gasteiger partial charge is 0.497 e. The van der Waals surface area contributed by atoms with E-state index in [-0.39, 0.29) is 5.91 Å². The van der Waals surface area contributed by atoms with Crippen molar-refractivity contribution in [2.24, 2.45) is 0 Å². The van der Waals surface area contributed by atoms with Gasteiger partial charge in [0.25, 0.3) is 0 Å². The van der Waals surface area contributed by atoms with E-state index in [0.717, 1.165) is 0 Å². The molecule has 2 N–H and O–H groups in total. The standard InChI is InChI=1S/C21H25NO6/c1-25-15-7-13(8-16(11-15)26-2)21(24,19-5-6-20(23)22-19)14-9-17(27-3)12-18(10-14)28-4/h7-12,19,24H,5-6H2,1-4H3,(H,22,23)/t19-/m1/s1. The zero-order valence-electron chi connectivity index (χ0n) is 16.4. The maximum absolute atomic E-state index is 12.0. The Morgan fingerprint density at radius 3 is 1.50 bits per heavy atom. The highest BCUT2D eigenvalue weighted by Gasteiger charge is 2.44. The second-order valence-corrected chi connectivity index (χ2v) is 6.63. The lowest BCUT2D eigenvalue weighted by atomic mass is 9.79. The van der Waals surface area contributed by atoms with Crippen LogP contribution in [0.15, 0.2) is 36.4 Å². The number of aliphatic hydroxyl groups is 1. The minimum absolute atomic E-state index is 0.104. The van der Waals surface area contributed by atoms with Crippen molar-refractivity contribution in [3.63, 3.8) is 0 Å². The topological polar surface area (TPSA) is 86.2 Å². The highest BCUT2D eigenvalue weighted by atomic mass is 16.5. The van der Waals surface area contributed by atoms with Crippen LogP contribution in [0.2, 0.25) is 0 Å². The van der Waals surface area contributed by atoms with E-state index >= 15 is 0 Å². The van der Waals surface area contributed by atoms with Crippen molar-refractivity contribution in [1.29, 1.82) is 0 Å². The Morgan fingerprint density at radius 1 is 0.821 bits per heavy atom. The minimum atomic E-state index is -1.55. The van der Waals surface area contributed by atoms with Crippen LogP contribution in [-0.2, 0) is 10.4 Å². The summed E-state index contributed by atoms with van der Waals surface area (Å²) in [6.45, 7) is 0. The third kappa shape index (κ3) is 3.57. The molecule has 1 aliphatic heterocycles. The molecule has 0 bridgehead atoms. The first-order chi connectivity index (χ1) is 13.4. The van der Waals surface area contributed by atoms with Crippen molar-refractivity contribution in [3.05, 3.63) is 47.5 Å². The third-order valence-corrected chi connectivity index (χ3v) is 5.08. The van der Waals surface area contributed by atoms with Crippen LogP contribution >= 0.6 is 0 Å². The van der Waals surface area contributed by atoms with Gasteiger partial charge in [-0.05, 0) is 41.8 Å². The lowest BCUT2D eigenvalue weighted by molar-refractivity contribution is -0.120. The molecular formula is C21H25NO6. The van der Waals surface area contributed by atoms with E-state index in [9.17, 15) is 9.90 Å². The van der Waals surface area contributed by atoms with Gasteiger partial charge in [0.1, 0.15) is 28.6 Å². The molecule has 3 rings (SSSR count). The van der Waals surface area contributed by atoms with Crippen molar-refractivity contribution in [2.75, 3.05) is 28.4 Å². The summed E-state index contributed by atoms with van der Waals surface area (Å²) < 4.78 is 21.5. The van der Waals surface area contributed by atoms with Crippen molar-refractivity contribution in [1.82, 2.24) is 5.32 Å². The van der Waals surface area contributed by atoms with Crippen LogP contribution in [0.4, 0.5) is 0 Å². The molecule has 0 saturated carbocycles. The summed E-state index contributed by atoms with van der Waals surface area (Å²) in [6.07, 6.45) is 0.823. The summed E-state index contributed by atoms with van der Waals surface area (Å²) in [6, 6.07) is 9.86. The van der Waals surface area contributed by atoms with Crippen LogP contribution < -0.4 is 24.3 Å². The number of benzene rings is 2. The third-order valence-electron chi connectivity index (χ3n) is 5.08. The Balaban J connectivity index is 2.24. The number of amides is 1. The monoisotopic (exact) mass is 387 g/mol. The van der Waals surface area contributed by atoms with E-state index in [4.69, 9.17) is 18.9 Å². The van der Waals surface area contributed by atoms with Crippen LogP contribution in [-0.4, -0.2) is 45.5 Å². The molecular weight excluding hydrogens is 362 g/mol. The number of nitrogens with one attached hydrogen (secondary N) is 1. The number of carbonyl (C=O) groups is 1. The summed E-state index contributed by atoms with van der Waals surface area (Å²) in [5, 5.41) is 14.9. The van der Waals surface area contributed by atoms with Crippen LogP contribution in [0.1, 0.15) is 24.0 Å². The lowest BCUT2D eigenvalue weighted by Crippen LogP contribution is -2.47. The average Bonchev–Trinajstić information content (AvgIpc) is 3.18. The normalized spacial score (nSPS) is 16.5. The van der Waals surface area contributed by atoms with Gasteiger partial charge in [-0.2, -0.15) is 0 Å². The van der Waals surface area contributed by atoms with Crippen LogP contribution in [0.5, 0.6) is 23.0 Å². The van der Waals surface area contributed by atoms with Gasteiger partial charge < -0.3 is 29.4 Å². The van der Waals surface area contributed by atoms with Gasteiger partial charge in [-0.25, -0.2) is 0 Å². The van der Waals surface area contributed by atoms with Gasteiger partial charge in [-0.15, -0.1) is 0 Å². The van der Waals surface area contributed by atoms with Gasteiger partial charge in [0.2, 0.25) is 5.91 Å². The van der Waals surface area contributed by atoms with Crippen molar-refractivity contribution in [3.8, 4) is 23.0 Å². The first-order valence-electron chi connectivity index (χ1n) is 8.93. The number of hydrogen-bond acceptors (Lipinski definition) is 6. The van der Waals surface area contributed by atoms with Gasteiger partial charge in [0.05, 0.1) is 34.5 Å². The molecule has 0 radical (unpaired) electrons. The molecule has 1 atom stereocenters. The Hall–Kier alpha value is -2.93. The van der Waals surface area contributed by atoms with Gasteiger partial charge in [-0.1, -0.05) is 0 Å². The van der Waals surface area contributed by atoms with E-state index in [1.165, 1.54) is 0 Å². The summed E-state index contributed by atoms with van der Waals surface area (Å²) in [5.41, 5.74) is -0.479. The van der Waals surface area contributed by atoms with Crippen molar-refractivity contribution >= 4 is 5.91 Å². The molecule has 1 heterocycles. The number of hydrogen-bond donors (Lipinski definition) is 2. The molecule has 2 aromatic rings. The molecule has 2 aromatic carbocycles. The number of carbonyl (C=O) groups excluding carboxylic acids is 1.